The quantitative estimate of drug-likeness (QED) is 0.853. The maximum atomic E-state index is 11.8. The van der Waals surface area contributed by atoms with E-state index in [-0.39, 0.29) is 18.0 Å². The second-order valence-electron chi connectivity index (χ2n) is 6.60. The van der Waals surface area contributed by atoms with Crippen LogP contribution >= 0.6 is 0 Å². The molecule has 0 bridgehead atoms. The minimum Gasteiger partial charge on any atom is -0.444 e. The van der Waals surface area contributed by atoms with Gasteiger partial charge in [-0.3, -0.25) is 9.69 Å². The van der Waals surface area contributed by atoms with Gasteiger partial charge in [0.2, 0.25) is 11.8 Å². The van der Waals surface area contributed by atoms with Crippen molar-refractivity contribution in [3.63, 3.8) is 0 Å². The molecule has 1 aliphatic heterocycles. The molecule has 24 heavy (non-hydrogen) atoms. The molecule has 2 fully saturated rings. The number of aromatic nitrogens is 4. The van der Waals surface area contributed by atoms with Crippen molar-refractivity contribution in [3.05, 3.63) is 30.2 Å². The minimum absolute atomic E-state index is 0.0111. The highest BCUT2D eigenvalue weighted by Crippen LogP contribution is 2.40. The first-order valence-corrected chi connectivity index (χ1v) is 8.55. The van der Waals surface area contributed by atoms with E-state index in [1.165, 1.54) is 12.8 Å². The monoisotopic (exact) mass is 330 g/mol. The van der Waals surface area contributed by atoms with Gasteiger partial charge in [0.25, 0.3) is 0 Å². The molecule has 3 heterocycles. The smallest absolute Gasteiger partial charge is 0.220 e. The van der Waals surface area contributed by atoms with Gasteiger partial charge < -0.3 is 9.73 Å². The number of nitrogens with one attached hydrogen (secondary N) is 1. The fraction of sp³-hybridized carbons (Fsp3) is 0.625. The molecule has 8 heteroatoms. The van der Waals surface area contributed by atoms with E-state index in [0.717, 1.165) is 24.7 Å². The Labute approximate surface area is 140 Å². The van der Waals surface area contributed by atoms with E-state index in [2.05, 4.69) is 25.5 Å². The molecule has 2 atom stereocenters. The number of amides is 1. The molecule has 2 aromatic heterocycles. The maximum absolute atomic E-state index is 11.8. The van der Waals surface area contributed by atoms with Crippen molar-refractivity contribution in [1.29, 1.82) is 0 Å². The van der Waals surface area contributed by atoms with Crippen molar-refractivity contribution in [2.75, 3.05) is 13.1 Å². The largest absolute Gasteiger partial charge is 0.444 e. The van der Waals surface area contributed by atoms with Gasteiger partial charge in [0, 0.05) is 31.6 Å². The van der Waals surface area contributed by atoms with Gasteiger partial charge in [0.05, 0.1) is 31.0 Å². The molecule has 1 saturated carbocycles. The molecule has 4 rings (SSSR count). The Kier molecular flexibility index (Phi) is 4.05. The average Bonchev–Trinajstić information content (AvgIpc) is 3.00. The zero-order valence-corrected chi connectivity index (χ0v) is 13.8. The number of hydrogen-bond acceptors (Lipinski definition) is 6. The predicted molar refractivity (Wildman–Crippen MR) is 85.0 cm³/mol. The molecule has 1 saturated heterocycles. The molecular weight excluding hydrogens is 308 g/mol. The number of rotatable bonds is 6. The van der Waals surface area contributed by atoms with Crippen molar-refractivity contribution in [2.24, 2.45) is 0 Å². The van der Waals surface area contributed by atoms with Gasteiger partial charge in [0.1, 0.15) is 5.76 Å². The van der Waals surface area contributed by atoms with E-state index in [4.69, 9.17) is 4.42 Å². The SMILES string of the molecule is CCC(=O)N[C@@H]1CN(Cc2ncc(C3CC3)o2)C[C@@H]1n1ccnn1. The second kappa shape index (κ2) is 6.35. The topological polar surface area (TPSA) is 89.1 Å². The predicted octanol–water partition coefficient (Wildman–Crippen LogP) is 1.10. The molecular formula is C16H22N6O2. The van der Waals surface area contributed by atoms with Crippen LogP contribution in [0.3, 0.4) is 0 Å². The van der Waals surface area contributed by atoms with Gasteiger partial charge in [-0.2, -0.15) is 0 Å². The zero-order valence-electron chi connectivity index (χ0n) is 13.8. The van der Waals surface area contributed by atoms with Crippen LogP contribution in [0.4, 0.5) is 0 Å². The summed E-state index contributed by atoms with van der Waals surface area (Å²) in [5, 5.41) is 11.1. The number of carbonyl (C=O) groups is 1. The van der Waals surface area contributed by atoms with Crippen molar-refractivity contribution in [3.8, 4) is 0 Å². The summed E-state index contributed by atoms with van der Waals surface area (Å²) in [7, 11) is 0. The molecule has 0 spiro atoms. The van der Waals surface area contributed by atoms with E-state index in [1.54, 1.807) is 6.20 Å². The van der Waals surface area contributed by atoms with Gasteiger partial charge in [-0.1, -0.05) is 12.1 Å². The number of carbonyl (C=O) groups excluding carboxylic acids is 1. The molecule has 8 nitrogen and oxygen atoms in total. The van der Waals surface area contributed by atoms with Crippen LogP contribution in [-0.4, -0.2) is 49.9 Å². The number of likely N-dealkylation sites (tertiary alicyclic amines) is 1. The molecule has 2 aromatic rings. The fourth-order valence-corrected chi connectivity index (χ4v) is 3.25. The Morgan fingerprint density at radius 2 is 2.29 bits per heavy atom. The van der Waals surface area contributed by atoms with E-state index >= 15 is 0 Å². The summed E-state index contributed by atoms with van der Waals surface area (Å²) < 4.78 is 7.68. The van der Waals surface area contributed by atoms with E-state index in [9.17, 15) is 4.79 Å². The summed E-state index contributed by atoms with van der Waals surface area (Å²) in [6, 6.07) is 0.0814. The third-order valence-electron chi connectivity index (χ3n) is 4.72. The molecule has 0 unspecified atom stereocenters. The second-order valence-corrected chi connectivity index (χ2v) is 6.60. The van der Waals surface area contributed by atoms with Gasteiger partial charge in [0.15, 0.2) is 0 Å². The highest BCUT2D eigenvalue weighted by atomic mass is 16.4. The standard InChI is InChI=1S/C16H22N6O2/c1-2-15(23)19-12-8-21(9-13(12)22-6-5-18-20-22)10-16-17-7-14(24-16)11-3-4-11/h5-7,11-13H,2-4,8-10H2,1H3,(H,19,23)/t12-,13+/m1/s1. The van der Waals surface area contributed by atoms with Gasteiger partial charge in [-0.05, 0) is 12.8 Å². The molecule has 1 aliphatic carbocycles. The molecule has 128 valence electrons. The first-order chi connectivity index (χ1) is 11.7. The van der Waals surface area contributed by atoms with E-state index < -0.39 is 0 Å². The summed E-state index contributed by atoms with van der Waals surface area (Å²) in [4.78, 5) is 18.5. The summed E-state index contributed by atoms with van der Waals surface area (Å²) in [5.41, 5.74) is 0. The summed E-state index contributed by atoms with van der Waals surface area (Å²) in [5.74, 6) is 2.38. The Bertz CT molecular complexity index is 693. The van der Waals surface area contributed by atoms with Crippen LogP contribution in [0.1, 0.15) is 49.8 Å². The van der Waals surface area contributed by atoms with E-state index in [1.807, 2.05) is 24.0 Å². The average molecular weight is 330 g/mol. The lowest BCUT2D eigenvalue weighted by Crippen LogP contribution is -2.41. The van der Waals surface area contributed by atoms with Crippen molar-refractivity contribution in [1.82, 2.24) is 30.2 Å². The van der Waals surface area contributed by atoms with Gasteiger partial charge >= 0.3 is 0 Å². The number of nitrogens with zero attached hydrogens (tertiary/aromatic N) is 5. The number of hydrogen-bond donors (Lipinski definition) is 1. The first kappa shape index (κ1) is 15.3. The minimum atomic E-state index is 0.0111. The highest BCUT2D eigenvalue weighted by Gasteiger charge is 2.36. The Balaban J connectivity index is 1.44. The molecule has 1 N–H and O–H groups in total. The Morgan fingerprint density at radius 3 is 3.00 bits per heavy atom. The maximum Gasteiger partial charge on any atom is 0.220 e. The summed E-state index contributed by atoms with van der Waals surface area (Å²) in [6.07, 6.45) is 8.25. The number of oxazole rings is 1. The van der Waals surface area contributed by atoms with Crippen molar-refractivity contribution in [2.45, 2.75) is 50.7 Å². The fourth-order valence-electron chi connectivity index (χ4n) is 3.25. The normalized spacial score (nSPS) is 24.4. The van der Waals surface area contributed by atoms with Crippen LogP contribution in [-0.2, 0) is 11.3 Å². The molecule has 0 radical (unpaired) electrons. The lowest BCUT2D eigenvalue weighted by molar-refractivity contribution is -0.121. The third-order valence-corrected chi connectivity index (χ3v) is 4.72. The highest BCUT2D eigenvalue weighted by molar-refractivity contribution is 5.76. The zero-order chi connectivity index (χ0) is 16.5. The Hall–Kier alpha value is -2.22. The van der Waals surface area contributed by atoms with Crippen molar-refractivity contribution < 1.29 is 9.21 Å². The third kappa shape index (κ3) is 3.19. The lowest BCUT2D eigenvalue weighted by Gasteiger charge is -2.19. The molecule has 0 aromatic carbocycles. The van der Waals surface area contributed by atoms with Crippen LogP contribution < -0.4 is 5.32 Å². The van der Waals surface area contributed by atoms with Crippen molar-refractivity contribution >= 4 is 5.91 Å². The molecule has 1 amide bonds. The van der Waals surface area contributed by atoms with Crippen LogP contribution in [0, 0.1) is 0 Å². The molecule has 2 aliphatic rings. The van der Waals surface area contributed by atoms with Crippen LogP contribution in [0.2, 0.25) is 0 Å². The van der Waals surface area contributed by atoms with Crippen LogP contribution in [0.15, 0.2) is 23.0 Å². The first-order valence-electron chi connectivity index (χ1n) is 8.55. The summed E-state index contributed by atoms with van der Waals surface area (Å²) in [6.45, 7) is 4.03. The van der Waals surface area contributed by atoms with Gasteiger partial charge in [-0.25, -0.2) is 9.67 Å². The van der Waals surface area contributed by atoms with E-state index in [0.29, 0.717) is 18.9 Å². The van der Waals surface area contributed by atoms with Crippen LogP contribution in [0.25, 0.3) is 0 Å². The van der Waals surface area contributed by atoms with Crippen LogP contribution in [0.5, 0.6) is 0 Å². The summed E-state index contributed by atoms with van der Waals surface area (Å²) >= 11 is 0. The Morgan fingerprint density at radius 1 is 1.42 bits per heavy atom. The lowest BCUT2D eigenvalue weighted by atomic mass is 10.1. The van der Waals surface area contributed by atoms with Gasteiger partial charge in [-0.15, -0.1) is 5.10 Å².